The molecule has 1 aromatic rings. The van der Waals surface area contributed by atoms with Gasteiger partial charge >= 0.3 is 5.97 Å². The molecule has 7 nitrogen and oxygen atoms in total. The van der Waals surface area contributed by atoms with Gasteiger partial charge in [0, 0.05) is 49.9 Å². The maximum absolute atomic E-state index is 13.1. The lowest BCUT2D eigenvalue weighted by molar-refractivity contribution is -0.147. The van der Waals surface area contributed by atoms with Gasteiger partial charge in [-0.1, -0.05) is 43.5 Å². The monoisotopic (exact) mass is 463 g/mol. The van der Waals surface area contributed by atoms with E-state index in [4.69, 9.17) is 11.6 Å². The first-order valence-electron chi connectivity index (χ1n) is 11.2. The van der Waals surface area contributed by atoms with E-state index in [-0.39, 0.29) is 36.2 Å². The van der Waals surface area contributed by atoms with Crippen molar-refractivity contribution in [3.05, 3.63) is 41.7 Å². The van der Waals surface area contributed by atoms with Crippen molar-refractivity contribution < 1.29 is 19.5 Å². The smallest absolute Gasteiger partial charge is 0.307 e. The molecule has 0 bridgehead atoms. The number of allylic oxidation sites excluding steroid dienone is 1. The van der Waals surface area contributed by atoms with Crippen LogP contribution in [0.3, 0.4) is 0 Å². The minimum absolute atomic E-state index is 0.0256. The average Bonchev–Trinajstić information content (AvgIpc) is 2.77. The Bertz CT molecular complexity index is 781. The lowest BCUT2D eigenvalue weighted by Gasteiger charge is -2.31. The lowest BCUT2D eigenvalue weighted by Crippen LogP contribution is -2.45. The van der Waals surface area contributed by atoms with Crippen LogP contribution in [0.25, 0.3) is 0 Å². The first-order valence-corrected chi connectivity index (χ1v) is 11.6. The second-order valence-corrected chi connectivity index (χ2v) is 9.16. The number of amides is 2. The fraction of sp³-hybridized carbons (Fsp3) is 0.583. The van der Waals surface area contributed by atoms with Crippen LogP contribution in [-0.2, 0) is 20.8 Å². The number of pyridine rings is 1. The number of aromatic nitrogens is 1. The van der Waals surface area contributed by atoms with Gasteiger partial charge in [-0.25, -0.2) is 0 Å². The molecule has 176 valence electrons. The van der Waals surface area contributed by atoms with Gasteiger partial charge in [-0.3, -0.25) is 19.4 Å². The zero-order chi connectivity index (χ0) is 23.5. The normalized spacial score (nSPS) is 15.1. The maximum Gasteiger partial charge on any atom is 0.307 e. The fourth-order valence-corrected chi connectivity index (χ4v) is 4.21. The van der Waals surface area contributed by atoms with Crippen LogP contribution in [-0.4, -0.2) is 64.4 Å². The van der Waals surface area contributed by atoms with Gasteiger partial charge in [0.2, 0.25) is 11.8 Å². The quantitative estimate of drug-likeness (QED) is 0.510. The highest BCUT2D eigenvalue weighted by Crippen LogP contribution is 2.25. The van der Waals surface area contributed by atoms with E-state index in [1.165, 1.54) is 6.42 Å². The zero-order valence-electron chi connectivity index (χ0n) is 18.8. The fourth-order valence-electron chi connectivity index (χ4n) is 4.03. The van der Waals surface area contributed by atoms with Gasteiger partial charge in [0.1, 0.15) is 0 Å². The highest BCUT2D eigenvalue weighted by molar-refractivity contribution is 6.29. The summed E-state index contributed by atoms with van der Waals surface area (Å²) in [5.41, 5.74) is 0.896. The molecule has 32 heavy (non-hydrogen) atoms. The third-order valence-electron chi connectivity index (χ3n) is 5.98. The number of carbonyl (C=O) groups excluding carboxylic acids is 2. The Morgan fingerprint density at radius 3 is 2.50 bits per heavy atom. The number of carboxylic acids is 1. The molecule has 1 heterocycles. The molecule has 2 rings (SSSR count). The molecule has 0 aromatic carbocycles. The van der Waals surface area contributed by atoms with Gasteiger partial charge in [0.25, 0.3) is 0 Å². The van der Waals surface area contributed by atoms with Crippen LogP contribution >= 0.6 is 11.6 Å². The van der Waals surface area contributed by atoms with E-state index in [9.17, 15) is 19.5 Å². The van der Waals surface area contributed by atoms with Crippen LogP contribution in [0.1, 0.15) is 50.6 Å². The first-order chi connectivity index (χ1) is 15.3. The van der Waals surface area contributed by atoms with Crippen molar-refractivity contribution in [1.82, 2.24) is 14.8 Å². The third-order valence-corrected chi connectivity index (χ3v) is 6.13. The van der Waals surface area contributed by atoms with Crippen molar-refractivity contribution in [3.8, 4) is 0 Å². The number of aliphatic carboxylic acids is 1. The van der Waals surface area contributed by atoms with Crippen LogP contribution < -0.4 is 0 Å². The molecule has 1 aromatic heterocycles. The van der Waals surface area contributed by atoms with E-state index in [0.29, 0.717) is 25.4 Å². The van der Waals surface area contributed by atoms with Gasteiger partial charge in [0.05, 0.1) is 12.5 Å². The van der Waals surface area contributed by atoms with Crippen molar-refractivity contribution in [2.24, 2.45) is 11.8 Å². The van der Waals surface area contributed by atoms with Gasteiger partial charge in [0.15, 0.2) is 0 Å². The van der Waals surface area contributed by atoms with Crippen molar-refractivity contribution in [1.29, 1.82) is 0 Å². The molecule has 0 spiro atoms. The van der Waals surface area contributed by atoms with E-state index < -0.39 is 11.9 Å². The molecule has 0 radical (unpaired) electrons. The average molecular weight is 464 g/mol. The minimum atomic E-state index is -1.09. The zero-order valence-corrected chi connectivity index (χ0v) is 19.6. The number of halogens is 1. The summed E-state index contributed by atoms with van der Waals surface area (Å²) in [6.45, 7) is 4.47. The van der Waals surface area contributed by atoms with Crippen LogP contribution in [0.15, 0.2) is 36.0 Å². The van der Waals surface area contributed by atoms with Crippen molar-refractivity contribution in [2.45, 2.75) is 51.4 Å². The summed E-state index contributed by atoms with van der Waals surface area (Å²) >= 11 is 5.80. The molecule has 0 aliphatic heterocycles. The molecule has 1 aliphatic carbocycles. The predicted octanol–water partition coefficient (Wildman–Crippen LogP) is 3.72. The van der Waals surface area contributed by atoms with E-state index >= 15 is 0 Å². The topological polar surface area (TPSA) is 90.8 Å². The van der Waals surface area contributed by atoms with E-state index in [1.54, 1.807) is 23.0 Å². The first kappa shape index (κ1) is 25.8. The van der Waals surface area contributed by atoms with Gasteiger partial charge in [-0.2, -0.15) is 0 Å². The summed E-state index contributed by atoms with van der Waals surface area (Å²) in [6.07, 6.45) is 7.65. The van der Waals surface area contributed by atoms with Crippen LogP contribution in [0.4, 0.5) is 0 Å². The van der Waals surface area contributed by atoms with E-state index in [0.717, 1.165) is 31.4 Å². The summed E-state index contributed by atoms with van der Waals surface area (Å²) in [7, 11) is 1.71. The summed E-state index contributed by atoms with van der Waals surface area (Å²) in [4.78, 5) is 44.9. The number of rotatable bonds is 12. The van der Waals surface area contributed by atoms with Crippen LogP contribution in [0, 0.1) is 11.8 Å². The molecule has 1 N–H and O–H groups in total. The summed E-state index contributed by atoms with van der Waals surface area (Å²) in [6, 6.07) is 5.66. The van der Waals surface area contributed by atoms with Gasteiger partial charge in [-0.15, -0.1) is 0 Å². The minimum Gasteiger partial charge on any atom is -0.481 e. The van der Waals surface area contributed by atoms with E-state index in [1.807, 2.05) is 18.2 Å². The molecular weight excluding hydrogens is 430 g/mol. The van der Waals surface area contributed by atoms with Crippen LogP contribution in [0.2, 0.25) is 0 Å². The molecule has 1 saturated carbocycles. The Labute approximate surface area is 195 Å². The molecule has 1 atom stereocenters. The number of hydrogen-bond donors (Lipinski definition) is 1. The van der Waals surface area contributed by atoms with Crippen molar-refractivity contribution in [3.63, 3.8) is 0 Å². The van der Waals surface area contributed by atoms with Crippen molar-refractivity contribution >= 4 is 29.4 Å². The molecule has 0 saturated heterocycles. The summed E-state index contributed by atoms with van der Waals surface area (Å²) in [5.74, 6) is -2.19. The highest BCUT2D eigenvalue weighted by atomic mass is 35.5. The standard InChI is InChI=1S/C24H34ClN3O4/c1-18(25)14-20(24(31)32)15-22(29)28(16-19-8-4-3-5-9-19)17-23(30)27(2)13-11-21-10-6-7-12-26-21/h6-7,10,12,19-20H,1,3-5,8-9,11,13-17H2,2H3,(H,31,32)/t20-/m1/s1. The lowest BCUT2D eigenvalue weighted by atomic mass is 9.88. The SMILES string of the molecule is C=C(Cl)C[C@H](CC(=O)N(CC(=O)N(C)CCc1ccccn1)CC1CCCCC1)C(=O)O. The number of carboxylic acid groups (broad SMARTS) is 1. The molecule has 8 heteroatoms. The van der Waals surface area contributed by atoms with Crippen molar-refractivity contribution in [2.75, 3.05) is 26.7 Å². The number of likely N-dealkylation sites (N-methyl/N-ethyl adjacent to an activating group) is 1. The second kappa shape index (κ2) is 13.2. The Morgan fingerprint density at radius 1 is 1.19 bits per heavy atom. The number of nitrogens with zero attached hydrogens (tertiary/aromatic N) is 3. The van der Waals surface area contributed by atoms with Gasteiger partial charge < -0.3 is 14.9 Å². The van der Waals surface area contributed by atoms with Crippen LogP contribution in [0.5, 0.6) is 0 Å². The summed E-state index contributed by atoms with van der Waals surface area (Å²) < 4.78 is 0. The molecular formula is C24H34ClN3O4. The molecule has 2 amide bonds. The molecule has 1 fully saturated rings. The Hall–Kier alpha value is -2.41. The Balaban J connectivity index is 2.02. The molecule has 1 aliphatic rings. The third kappa shape index (κ3) is 8.99. The second-order valence-electron chi connectivity index (χ2n) is 8.63. The number of carbonyl (C=O) groups is 3. The largest absolute Gasteiger partial charge is 0.481 e. The maximum atomic E-state index is 13.1. The van der Waals surface area contributed by atoms with E-state index in [2.05, 4.69) is 11.6 Å². The number of hydrogen-bond acceptors (Lipinski definition) is 4. The van der Waals surface area contributed by atoms with Gasteiger partial charge in [-0.05, 0) is 37.3 Å². The highest BCUT2D eigenvalue weighted by Gasteiger charge is 2.28. The molecule has 0 unspecified atom stereocenters. The Kier molecular flexibility index (Phi) is 10.7. The Morgan fingerprint density at radius 2 is 1.91 bits per heavy atom. The summed E-state index contributed by atoms with van der Waals surface area (Å²) in [5, 5.41) is 9.67. The predicted molar refractivity (Wildman–Crippen MR) is 124 cm³/mol.